The average molecular weight is 203 g/mol. The highest BCUT2D eigenvalue weighted by Crippen LogP contribution is 2.37. The number of unbranched alkanes of at least 4 members (excludes halogenated alkanes) is 3. The highest BCUT2D eigenvalue weighted by Gasteiger charge is 2.38. The molecule has 0 amide bonds. The highest BCUT2D eigenvalue weighted by atomic mass is 35.5. The van der Waals surface area contributed by atoms with Gasteiger partial charge in [-0.2, -0.15) is 0 Å². The zero-order chi connectivity index (χ0) is 9.73. The molecule has 1 nitrogen and oxygen atoms in total. The molecule has 0 heterocycles. The fourth-order valence-corrected chi connectivity index (χ4v) is 2.35. The first-order valence-corrected chi connectivity index (χ1v) is 5.79. The number of rotatable bonds is 5. The minimum absolute atomic E-state index is 0.283. The van der Waals surface area contributed by atoms with Crippen molar-refractivity contribution in [3.8, 4) is 0 Å². The predicted molar refractivity (Wildman–Crippen MR) is 56.2 cm³/mol. The first-order valence-electron chi connectivity index (χ1n) is 5.41. The minimum atomic E-state index is -0.465. The van der Waals surface area contributed by atoms with Crippen LogP contribution in [0.5, 0.6) is 0 Å². The molecule has 1 aliphatic carbocycles. The van der Waals surface area contributed by atoms with Crippen LogP contribution >= 0.6 is 11.6 Å². The lowest BCUT2D eigenvalue weighted by Gasteiger charge is -2.18. The average Bonchev–Trinajstić information content (AvgIpc) is 2.42. The van der Waals surface area contributed by atoms with Gasteiger partial charge in [-0.15, -0.1) is 11.6 Å². The van der Waals surface area contributed by atoms with E-state index in [1.165, 1.54) is 19.3 Å². The van der Waals surface area contributed by atoms with Crippen molar-refractivity contribution in [2.75, 3.05) is 0 Å². The van der Waals surface area contributed by atoms with Crippen LogP contribution in [0.25, 0.3) is 0 Å². The van der Waals surface area contributed by atoms with Gasteiger partial charge in [-0.05, 0) is 19.3 Å². The van der Waals surface area contributed by atoms with Crippen molar-refractivity contribution in [2.24, 2.45) is 0 Å². The first kappa shape index (κ1) is 11.0. The molecule has 76 valence electrons. The zero-order valence-electron chi connectivity index (χ0n) is 8.44. The molecule has 0 spiro atoms. The normalized spacial score (nSPS) is 28.3. The predicted octanol–water partition coefficient (Wildman–Crippen LogP) is 3.69. The largest absolute Gasteiger partial charge is 0.298 e. The second-order valence-electron chi connectivity index (χ2n) is 4.05. The summed E-state index contributed by atoms with van der Waals surface area (Å²) in [5.74, 6) is 0.283. The van der Waals surface area contributed by atoms with Gasteiger partial charge in [-0.3, -0.25) is 4.79 Å². The van der Waals surface area contributed by atoms with E-state index in [0.29, 0.717) is 6.42 Å². The van der Waals surface area contributed by atoms with Crippen LogP contribution in [-0.4, -0.2) is 10.7 Å². The molecule has 0 radical (unpaired) electrons. The number of ketones is 1. The molecule has 0 bridgehead atoms. The summed E-state index contributed by atoms with van der Waals surface area (Å²) in [6.45, 7) is 2.19. The molecule has 1 saturated carbocycles. The summed E-state index contributed by atoms with van der Waals surface area (Å²) >= 11 is 6.25. The second-order valence-corrected chi connectivity index (χ2v) is 4.78. The number of alkyl halides is 1. The van der Waals surface area contributed by atoms with Crippen LogP contribution < -0.4 is 0 Å². The Morgan fingerprint density at radius 1 is 1.38 bits per heavy atom. The molecule has 0 N–H and O–H groups in total. The molecule has 2 heteroatoms. The monoisotopic (exact) mass is 202 g/mol. The Labute approximate surface area is 85.8 Å². The molecule has 1 aliphatic rings. The maximum Gasteiger partial charge on any atom is 0.153 e. The zero-order valence-corrected chi connectivity index (χ0v) is 9.20. The van der Waals surface area contributed by atoms with E-state index in [4.69, 9.17) is 11.6 Å². The van der Waals surface area contributed by atoms with Gasteiger partial charge in [0, 0.05) is 6.42 Å². The molecular weight excluding hydrogens is 184 g/mol. The standard InChI is InChI=1S/C11H19ClO/c1-2-3-4-5-8-11(12)9-6-7-10(11)13/h2-9H2,1H3. The van der Waals surface area contributed by atoms with E-state index in [2.05, 4.69) is 6.92 Å². The van der Waals surface area contributed by atoms with Gasteiger partial charge in [0.25, 0.3) is 0 Å². The maximum atomic E-state index is 11.4. The number of hydrogen-bond acceptors (Lipinski definition) is 1. The lowest BCUT2D eigenvalue weighted by molar-refractivity contribution is -0.119. The molecule has 1 fully saturated rings. The molecule has 0 saturated heterocycles. The summed E-state index contributed by atoms with van der Waals surface area (Å²) < 4.78 is 0. The van der Waals surface area contributed by atoms with Gasteiger partial charge in [0.1, 0.15) is 4.87 Å². The summed E-state index contributed by atoms with van der Waals surface area (Å²) in [5, 5.41) is 0. The third-order valence-electron chi connectivity index (χ3n) is 2.90. The molecule has 0 aromatic carbocycles. The lowest BCUT2D eigenvalue weighted by atomic mass is 9.97. The Morgan fingerprint density at radius 3 is 2.69 bits per heavy atom. The van der Waals surface area contributed by atoms with Crippen LogP contribution in [0, 0.1) is 0 Å². The Kier molecular flexibility index (Phi) is 4.24. The second kappa shape index (κ2) is 4.99. The Morgan fingerprint density at radius 2 is 2.15 bits per heavy atom. The lowest BCUT2D eigenvalue weighted by Crippen LogP contribution is -2.26. The van der Waals surface area contributed by atoms with Crippen LogP contribution in [0.2, 0.25) is 0 Å². The molecule has 0 aromatic rings. The Hall–Kier alpha value is -0.0400. The Bertz CT molecular complexity index is 179. The minimum Gasteiger partial charge on any atom is -0.298 e. The first-order chi connectivity index (χ1) is 6.19. The van der Waals surface area contributed by atoms with Crippen molar-refractivity contribution in [3.63, 3.8) is 0 Å². The van der Waals surface area contributed by atoms with E-state index in [0.717, 1.165) is 25.7 Å². The SMILES string of the molecule is CCCCCCC1(Cl)CCCC1=O. The van der Waals surface area contributed by atoms with E-state index in [1.807, 2.05) is 0 Å². The number of carbonyl (C=O) groups excluding carboxylic acids is 1. The summed E-state index contributed by atoms with van der Waals surface area (Å²) in [7, 11) is 0. The molecule has 1 rings (SSSR count). The van der Waals surface area contributed by atoms with Crippen molar-refractivity contribution in [3.05, 3.63) is 0 Å². The number of Topliss-reactive ketones (excluding diaryl/α,β-unsaturated/α-hetero) is 1. The third-order valence-corrected chi connectivity index (χ3v) is 3.49. The van der Waals surface area contributed by atoms with Crippen LogP contribution in [0.3, 0.4) is 0 Å². The molecule has 1 atom stereocenters. The van der Waals surface area contributed by atoms with Crippen molar-refractivity contribution < 1.29 is 4.79 Å². The highest BCUT2D eigenvalue weighted by molar-refractivity contribution is 6.35. The fourth-order valence-electron chi connectivity index (χ4n) is 1.99. The van der Waals surface area contributed by atoms with E-state index in [1.54, 1.807) is 0 Å². The summed E-state index contributed by atoms with van der Waals surface area (Å²) in [6, 6.07) is 0. The number of hydrogen-bond donors (Lipinski definition) is 0. The van der Waals surface area contributed by atoms with Crippen LogP contribution in [0.4, 0.5) is 0 Å². The number of carbonyl (C=O) groups is 1. The van der Waals surface area contributed by atoms with Crippen LogP contribution in [0.1, 0.15) is 58.3 Å². The van der Waals surface area contributed by atoms with Crippen molar-refractivity contribution >= 4 is 17.4 Å². The molecule has 1 unspecified atom stereocenters. The smallest absolute Gasteiger partial charge is 0.153 e. The van der Waals surface area contributed by atoms with E-state index < -0.39 is 4.87 Å². The van der Waals surface area contributed by atoms with E-state index in [-0.39, 0.29) is 5.78 Å². The molecule has 0 aliphatic heterocycles. The number of halogens is 1. The van der Waals surface area contributed by atoms with Crippen molar-refractivity contribution in [1.82, 2.24) is 0 Å². The van der Waals surface area contributed by atoms with Gasteiger partial charge in [-0.25, -0.2) is 0 Å². The summed E-state index contributed by atoms with van der Waals surface area (Å²) in [6.07, 6.45) is 8.34. The Balaban J connectivity index is 2.22. The quantitative estimate of drug-likeness (QED) is 0.491. The van der Waals surface area contributed by atoms with Gasteiger partial charge < -0.3 is 0 Å². The van der Waals surface area contributed by atoms with Gasteiger partial charge in [-0.1, -0.05) is 32.6 Å². The topological polar surface area (TPSA) is 17.1 Å². The maximum absolute atomic E-state index is 11.4. The summed E-state index contributed by atoms with van der Waals surface area (Å²) in [4.78, 5) is 11.0. The fraction of sp³-hybridized carbons (Fsp3) is 0.909. The van der Waals surface area contributed by atoms with Gasteiger partial charge in [0.2, 0.25) is 0 Å². The van der Waals surface area contributed by atoms with Crippen LogP contribution in [0.15, 0.2) is 0 Å². The van der Waals surface area contributed by atoms with E-state index in [9.17, 15) is 4.79 Å². The van der Waals surface area contributed by atoms with Gasteiger partial charge in [0.15, 0.2) is 5.78 Å². The summed E-state index contributed by atoms with van der Waals surface area (Å²) in [5.41, 5.74) is 0. The van der Waals surface area contributed by atoms with E-state index >= 15 is 0 Å². The van der Waals surface area contributed by atoms with Gasteiger partial charge in [0.05, 0.1) is 0 Å². The van der Waals surface area contributed by atoms with Gasteiger partial charge >= 0.3 is 0 Å². The third kappa shape index (κ3) is 2.98. The molecule has 0 aromatic heterocycles. The molecular formula is C11H19ClO. The van der Waals surface area contributed by atoms with Crippen molar-refractivity contribution in [2.45, 2.75) is 63.2 Å². The van der Waals surface area contributed by atoms with Crippen molar-refractivity contribution in [1.29, 1.82) is 0 Å². The van der Waals surface area contributed by atoms with Crippen LogP contribution in [-0.2, 0) is 4.79 Å². The molecule has 13 heavy (non-hydrogen) atoms.